The zero-order valence-electron chi connectivity index (χ0n) is 11.1. The third-order valence-corrected chi connectivity index (χ3v) is 4.12. The van der Waals surface area contributed by atoms with E-state index in [-0.39, 0.29) is 17.9 Å². The van der Waals surface area contributed by atoms with Crippen LogP contribution in [0.2, 0.25) is 0 Å². The lowest BCUT2D eigenvalue weighted by molar-refractivity contribution is -0.127. The van der Waals surface area contributed by atoms with Gasteiger partial charge in [-0.15, -0.1) is 0 Å². The Morgan fingerprint density at radius 3 is 3.05 bits per heavy atom. The molecule has 102 valence electrons. The molecule has 1 aromatic heterocycles. The lowest BCUT2D eigenvalue weighted by Crippen LogP contribution is -2.36. The first-order valence-electron chi connectivity index (χ1n) is 6.75. The van der Waals surface area contributed by atoms with Crippen molar-refractivity contribution in [3.8, 4) is 0 Å². The van der Waals surface area contributed by atoms with Gasteiger partial charge in [0.15, 0.2) is 0 Å². The van der Waals surface area contributed by atoms with Crippen LogP contribution in [0.3, 0.4) is 0 Å². The zero-order chi connectivity index (χ0) is 13.2. The number of carbonyl (C=O) groups is 1. The van der Waals surface area contributed by atoms with Crippen LogP contribution >= 0.6 is 0 Å². The lowest BCUT2D eigenvalue weighted by atomic mass is 10.0. The molecule has 3 heterocycles. The Morgan fingerprint density at radius 1 is 1.53 bits per heavy atom. The molecule has 0 saturated carbocycles. The quantitative estimate of drug-likeness (QED) is 0.856. The Morgan fingerprint density at radius 2 is 2.32 bits per heavy atom. The van der Waals surface area contributed by atoms with Gasteiger partial charge >= 0.3 is 0 Å². The summed E-state index contributed by atoms with van der Waals surface area (Å²) in [6.07, 6.45) is 4.69. The number of carbonyl (C=O) groups excluding carboxylic acids is 1. The highest BCUT2D eigenvalue weighted by atomic mass is 16.5. The van der Waals surface area contributed by atoms with Crippen molar-refractivity contribution in [1.82, 2.24) is 15.2 Å². The van der Waals surface area contributed by atoms with Crippen LogP contribution in [0.4, 0.5) is 0 Å². The largest absolute Gasteiger partial charge is 0.376 e. The molecule has 2 aliphatic rings. The SMILES string of the molecule is CNC(=O)[C@@H]1CN(Cc2ccncc2)[C@H]2CCO[C@@H]12. The Balaban J connectivity index is 1.74. The van der Waals surface area contributed by atoms with Gasteiger partial charge in [0.05, 0.1) is 12.0 Å². The van der Waals surface area contributed by atoms with Crippen molar-refractivity contribution in [2.45, 2.75) is 25.1 Å². The van der Waals surface area contributed by atoms with Gasteiger partial charge in [0.25, 0.3) is 0 Å². The van der Waals surface area contributed by atoms with Crippen molar-refractivity contribution >= 4 is 5.91 Å². The lowest BCUT2D eigenvalue weighted by Gasteiger charge is -2.21. The molecule has 19 heavy (non-hydrogen) atoms. The van der Waals surface area contributed by atoms with E-state index >= 15 is 0 Å². The monoisotopic (exact) mass is 261 g/mol. The summed E-state index contributed by atoms with van der Waals surface area (Å²) in [6, 6.07) is 4.42. The molecule has 0 aromatic carbocycles. The van der Waals surface area contributed by atoms with Crippen molar-refractivity contribution in [3.05, 3.63) is 30.1 Å². The summed E-state index contributed by atoms with van der Waals surface area (Å²) in [5.74, 6) is 0.0495. The average molecular weight is 261 g/mol. The summed E-state index contributed by atoms with van der Waals surface area (Å²) in [5, 5.41) is 2.75. The molecule has 0 spiro atoms. The van der Waals surface area contributed by atoms with E-state index in [0.29, 0.717) is 6.04 Å². The Kier molecular flexibility index (Phi) is 3.48. The normalized spacial score (nSPS) is 30.3. The van der Waals surface area contributed by atoms with E-state index in [9.17, 15) is 4.79 Å². The molecule has 3 rings (SSSR count). The second kappa shape index (κ2) is 5.27. The maximum atomic E-state index is 11.9. The van der Waals surface area contributed by atoms with Crippen LogP contribution < -0.4 is 5.32 Å². The van der Waals surface area contributed by atoms with Gasteiger partial charge in [0.1, 0.15) is 0 Å². The number of pyridine rings is 1. The second-order valence-corrected chi connectivity index (χ2v) is 5.20. The number of nitrogens with one attached hydrogen (secondary N) is 1. The molecule has 0 aliphatic carbocycles. The number of hydrogen-bond acceptors (Lipinski definition) is 4. The van der Waals surface area contributed by atoms with Crippen molar-refractivity contribution in [2.24, 2.45) is 5.92 Å². The van der Waals surface area contributed by atoms with Gasteiger partial charge in [-0.25, -0.2) is 0 Å². The highest BCUT2D eigenvalue weighted by Gasteiger charge is 2.48. The molecule has 1 N–H and O–H groups in total. The maximum absolute atomic E-state index is 11.9. The summed E-state index contributed by atoms with van der Waals surface area (Å²) in [6.45, 7) is 2.40. The molecule has 2 fully saturated rings. The van der Waals surface area contributed by atoms with Gasteiger partial charge in [-0.2, -0.15) is 0 Å². The highest BCUT2D eigenvalue weighted by Crippen LogP contribution is 2.34. The van der Waals surface area contributed by atoms with Crippen LogP contribution in [-0.2, 0) is 16.1 Å². The molecular weight excluding hydrogens is 242 g/mol. The molecule has 1 amide bonds. The summed E-state index contributed by atoms with van der Waals surface area (Å²) in [4.78, 5) is 18.3. The van der Waals surface area contributed by atoms with Gasteiger partial charge in [0, 0.05) is 45.2 Å². The van der Waals surface area contributed by atoms with E-state index in [4.69, 9.17) is 4.74 Å². The Bertz CT molecular complexity index is 451. The Hall–Kier alpha value is -1.46. The van der Waals surface area contributed by atoms with Gasteiger partial charge < -0.3 is 10.1 Å². The van der Waals surface area contributed by atoms with Gasteiger partial charge in [-0.1, -0.05) is 0 Å². The van der Waals surface area contributed by atoms with E-state index < -0.39 is 0 Å². The first-order valence-corrected chi connectivity index (χ1v) is 6.75. The van der Waals surface area contributed by atoms with Gasteiger partial charge in [-0.05, 0) is 24.1 Å². The number of fused-ring (bicyclic) bond motifs is 1. The molecule has 0 bridgehead atoms. The molecule has 2 saturated heterocycles. The molecular formula is C14H19N3O2. The van der Waals surface area contributed by atoms with Crippen molar-refractivity contribution in [1.29, 1.82) is 0 Å². The highest BCUT2D eigenvalue weighted by molar-refractivity contribution is 5.79. The predicted molar refractivity (Wildman–Crippen MR) is 70.3 cm³/mol. The van der Waals surface area contributed by atoms with E-state index in [1.165, 1.54) is 5.56 Å². The Labute approximate surface area is 113 Å². The second-order valence-electron chi connectivity index (χ2n) is 5.20. The summed E-state index contributed by atoms with van der Waals surface area (Å²) < 4.78 is 5.77. The van der Waals surface area contributed by atoms with Crippen LogP contribution in [0.25, 0.3) is 0 Å². The summed E-state index contributed by atoms with van der Waals surface area (Å²) in [5.41, 5.74) is 1.23. The molecule has 0 unspecified atom stereocenters. The number of nitrogens with zero attached hydrogens (tertiary/aromatic N) is 2. The maximum Gasteiger partial charge on any atom is 0.226 e. The summed E-state index contributed by atoms with van der Waals surface area (Å²) in [7, 11) is 1.69. The minimum atomic E-state index is -0.0423. The molecule has 2 aliphatic heterocycles. The standard InChI is InChI=1S/C14H19N3O2/c1-15-14(18)11-9-17(12-4-7-19-13(11)12)8-10-2-5-16-6-3-10/h2-3,5-6,11-13H,4,7-9H2,1H3,(H,15,18)/t11-,12+,13+/m1/s1. The minimum absolute atomic E-state index is 0.0423. The number of amides is 1. The molecule has 5 heteroatoms. The zero-order valence-corrected chi connectivity index (χ0v) is 11.1. The fraction of sp³-hybridized carbons (Fsp3) is 0.571. The number of aromatic nitrogens is 1. The van der Waals surface area contributed by atoms with Gasteiger partial charge in [-0.3, -0.25) is 14.7 Å². The number of ether oxygens (including phenoxy) is 1. The molecule has 0 radical (unpaired) electrons. The molecule has 3 atom stereocenters. The van der Waals surface area contributed by atoms with Crippen molar-refractivity contribution in [2.75, 3.05) is 20.2 Å². The smallest absolute Gasteiger partial charge is 0.226 e. The van der Waals surface area contributed by atoms with E-state index in [1.54, 1.807) is 7.05 Å². The van der Waals surface area contributed by atoms with Crippen LogP contribution in [0.1, 0.15) is 12.0 Å². The van der Waals surface area contributed by atoms with Crippen molar-refractivity contribution in [3.63, 3.8) is 0 Å². The van der Waals surface area contributed by atoms with Crippen LogP contribution in [-0.4, -0.2) is 48.1 Å². The fourth-order valence-corrected chi connectivity index (χ4v) is 3.19. The van der Waals surface area contributed by atoms with Gasteiger partial charge in [0.2, 0.25) is 5.91 Å². The third-order valence-electron chi connectivity index (χ3n) is 4.12. The van der Waals surface area contributed by atoms with Crippen molar-refractivity contribution < 1.29 is 9.53 Å². The first-order chi connectivity index (χ1) is 9.29. The van der Waals surface area contributed by atoms with Crippen LogP contribution in [0.15, 0.2) is 24.5 Å². The predicted octanol–water partition coefficient (Wildman–Crippen LogP) is 0.417. The number of rotatable bonds is 3. The first kappa shape index (κ1) is 12.6. The van der Waals surface area contributed by atoms with E-state index in [0.717, 1.165) is 26.1 Å². The van der Waals surface area contributed by atoms with E-state index in [1.807, 2.05) is 24.5 Å². The average Bonchev–Trinajstić information content (AvgIpc) is 3.03. The topological polar surface area (TPSA) is 54.5 Å². The summed E-state index contributed by atoms with van der Waals surface area (Å²) >= 11 is 0. The minimum Gasteiger partial charge on any atom is -0.376 e. The fourth-order valence-electron chi connectivity index (χ4n) is 3.19. The molecule has 5 nitrogen and oxygen atoms in total. The third kappa shape index (κ3) is 2.35. The van der Waals surface area contributed by atoms with Crippen LogP contribution in [0, 0.1) is 5.92 Å². The number of likely N-dealkylation sites (tertiary alicyclic amines) is 1. The van der Waals surface area contributed by atoms with Crippen LogP contribution in [0.5, 0.6) is 0 Å². The van der Waals surface area contributed by atoms with E-state index in [2.05, 4.69) is 15.2 Å². The molecule has 1 aromatic rings. The number of hydrogen-bond donors (Lipinski definition) is 1.